The lowest BCUT2D eigenvalue weighted by molar-refractivity contribution is 0.207. The van der Waals surface area contributed by atoms with Crippen molar-refractivity contribution in [2.75, 3.05) is 5.75 Å². The lowest BCUT2D eigenvalue weighted by Gasteiger charge is -2.04. The van der Waals surface area contributed by atoms with Gasteiger partial charge in [0.15, 0.2) is 0 Å². The van der Waals surface area contributed by atoms with Crippen LogP contribution < -0.4 is 9.46 Å². The van der Waals surface area contributed by atoms with E-state index in [1.54, 1.807) is 22.9 Å². The first kappa shape index (κ1) is 12.3. The molecule has 0 saturated carbocycles. The third kappa shape index (κ3) is 5.59. The Hall–Kier alpha value is -0.810. The van der Waals surface area contributed by atoms with E-state index in [9.17, 15) is 4.79 Å². The van der Waals surface area contributed by atoms with E-state index >= 15 is 0 Å². The molecule has 1 aromatic rings. The molecule has 0 aliphatic heterocycles. The molecule has 0 aliphatic carbocycles. The number of nitrogens with one attached hydrogen (secondary N) is 1. The molecule has 0 unspecified atom stereocenters. The first-order valence-corrected chi connectivity index (χ1v) is 6.96. The molecule has 1 amide bonds. The van der Waals surface area contributed by atoms with Gasteiger partial charge in [0.2, 0.25) is 0 Å². The molecule has 0 bridgehead atoms. The maximum atomic E-state index is 11.2. The van der Waals surface area contributed by atoms with Crippen LogP contribution in [-0.2, 0) is 0 Å². The van der Waals surface area contributed by atoms with E-state index in [1.807, 2.05) is 18.2 Å². The van der Waals surface area contributed by atoms with Crippen molar-refractivity contribution in [2.24, 2.45) is 0 Å². The van der Waals surface area contributed by atoms with E-state index in [0.717, 1.165) is 12.2 Å². The normalized spacial score (nSPS) is 9.67. The molecular weight excluding hydrogens is 230 g/mol. The Balaban J connectivity index is 2.19. The molecule has 0 radical (unpaired) electrons. The van der Waals surface area contributed by atoms with Gasteiger partial charge in [-0.05, 0) is 18.6 Å². The molecule has 1 aromatic carbocycles. The number of para-hydroxylation sites is 1. The minimum absolute atomic E-state index is 0.435. The number of amides is 1. The number of hydrogen-bond donors (Lipinski definition) is 1. The average molecular weight is 243 g/mol. The van der Waals surface area contributed by atoms with Gasteiger partial charge in [0.1, 0.15) is 5.75 Å². The zero-order valence-electron chi connectivity index (χ0n) is 8.43. The van der Waals surface area contributed by atoms with E-state index < -0.39 is 6.09 Å². The van der Waals surface area contributed by atoms with Gasteiger partial charge in [-0.2, -0.15) is 0 Å². The van der Waals surface area contributed by atoms with Crippen LogP contribution in [0.25, 0.3) is 0 Å². The lowest BCUT2D eigenvalue weighted by atomic mass is 10.3. The van der Waals surface area contributed by atoms with Crippen molar-refractivity contribution in [3.05, 3.63) is 30.3 Å². The second-order valence-corrected chi connectivity index (χ2v) is 4.93. The molecule has 1 N–H and O–H groups in total. The van der Waals surface area contributed by atoms with Crippen molar-refractivity contribution in [2.45, 2.75) is 13.3 Å². The Kier molecular flexibility index (Phi) is 6.11. The van der Waals surface area contributed by atoms with Crippen molar-refractivity contribution < 1.29 is 9.53 Å². The zero-order chi connectivity index (χ0) is 10.9. The zero-order valence-corrected chi connectivity index (χ0v) is 10.1. The number of carbonyl (C=O) groups is 1. The van der Waals surface area contributed by atoms with Crippen molar-refractivity contribution in [3.63, 3.8) is 0 Å². The van der Waals surface area contributed by atoms with Gasteiger partial charge in [-0.15, -0.1) is 0 Å². The predicted molar refractivity (Wildman–Crippen MR) is 65.9 cm³/mol. The third-order valence-corrected chi connectivity index (χ3v) is 3.47. The molecule has 0 aliphatic rings. The van der Waals surface area contributed by atoms with Crippen molar-refractivity contribution in [3.8, 4) is 5.75 Å². The summed E-state index contributed by atoms with van der Waals surface area (Å²) in [5, 5.41) is 0. The van der Waals surface area contributed by atoms with Crippen LogP contribution in [0.3, 0.4) is 0 Å². The van der Waals surface area contributed by atoms with Gasteiger partial charge in [-0.25, -0.2) is 4.79 Å². The summed E-state index contributed by atoms with van der Waals surface area (Å²) in [6.07, 6.45) is 0.655. The minimum atomic E-state index is -0.435. The molecule has 1 rings (SSSR count). The van der Waals surface area contributed by atoms with E-state index in [0.29, 0.717) is 5.75 Å². The Labute approximate surface area is 97.5 Å². The van der Waals surface area contributed by atoms with Crippen LogP contribution in [0.15, 0.2) is 30.3 Å². The molecule has 82 valence electrons. The number of rotatable bonds is 5. The molecule has 0 saturated heterocycles. The smallest absolute Gasteiger partial charge is 0.410 e. The topological polar surface area (TPSA) is 38.3 Å². The highest BCUT2D eigenvalue weighted by Crippen LogP contribution is 2.18. The molecular formula is C10H13NO2S2. The van der Waals surface area contributed by atoms with Gasteiger partial charge in [0.25, 0.3) is 0 Å². The van der Waals surface area contributed by atoms with Crippen LogP contribution in [0.2, 0.25) is 0 Å². The summed E-state index contributed by atoms with van der Waals surface area (Å²) in [6, 6.07) is 8.99. The molecule has 0 atom stereocenters. The van der Waals surface area contributed by atoms with Crippen molar-refractivity contribution >= 4 is 27.9 Å². The molecule has 5 heteroatoms. The average Bonchev–Trinajstić information content (AvgIpc) is 2.26. The molecule has 0 aromatic heterocycles. The number of carbonyl (C=O) groups excluding carboxylic acids is 1. The van der Waals surface area contributed by atoms with Crippen molar-refractivity contribution in [1.29, 1.82) is 0 Å². The van der Waals surface area contributed by atoms with E-state index in [2.05, 4.69) is 11.6 Å². The van der Waals surface area contributed by atoms with Crippen LogP contribution in [0.4, 0.5) is 4.79 Å². The Morgan fingerprint density at radius 1 is 1.40 bits per heavy atom. The number of ether oxygens (including phenoxy) is 1. The summed E-state index contributed by atoms with van der Waals surface area (Å²) in [7, 11) is 2.89. The van der Waals surface area contributed by atoms with Crippen LogP contribution in [-0.4, -0.2) is 11.8 Å². The summed E-state index contributed by atoms with van der Waals surface area (Å²) >= 11 is 0. The van der Waals surface area contributed by atoms with Gasteiger partial charge in [0.05, 0.1) is 0 Å². The fraction of sp³-hybridized carbons (Fsp3) is 0.300. The maximum Gasteiger partial charge on any atom is 0.423 e. The second-order valence-electron chi connectivity index (χ2n) is 2.71. The molecule has 0 spiro atoms. The summed E-state index contributed by atoms with van der Waals surface area (Å²) in [5.74, 6) is 1.56. The highest BCUT2D eigenvalue weighted by atomic mass is 33.1. The van der Waals surface area contributed by atoms with Gasteiger partial charge in [-0.1, -0.05) is 35.9 Å². The molecule has 15 heavy (non-hydrogen) atoms. The summed E-state index contributed by atoms with van der Waals surface area (Å²) in [4.78, 5) is 11.2. The Morgan fingerprint density at radius 2 is 2.13 bits per heavy atom. The van der Waals surface area contributed by atoms with E-state index in [4.69, 9.17) is 4.74 Å². The SMILES string of the molecule is CCCSSNC(=O)Oc1ccccc1. The van der Waals surface area contributed by atoms with Gasteiger partial charge >= 0.3 is 6.09 Å². The highest BCUT2D eigenvalue weighted by Gasteiger charge is 2.02. The van der Waals surface area contributed by atoms with Crippen LogP contribution in [0.1, 0.15) is 13.3 Å². The standard InChI is InChI=1S/C10H13NO2S2/c1-2-8-14-15-11-10(12)13-9-6-4-3-5-7-9/h3-7H,2,8H2,1H3,(H,11,12). The number of hydrogen-bond acceptors (Lipinski definition) is 4. The minimum Gasteiger partial charge on any atom is -0.410 e. The second kappa shape index (κ2) is 7.48. The van der Waals surface area contributed by atoms with Crippen LogP contribution in [0, 0.1) is 0 Å². The van der Waals surface area contributed by atoms with Gasteiger partial charge in [0, 0.05) is 16.7 Å². The van der Waals surface area contributed by atoms with Gasteiger partial charge < -0.3 is 4.74 Å². The van der Waals surface area contributed by atoms with E-state index in [-0.39, 0.29) is 0 Å². The third-order valence-electron chi connectivity index (χ3n) is 1.43. The quantitative estimate of drug-likeness (QED) is 0.488. The summed E-state index contributed by atoms with van der Waals surface area (Å²) in [6.45, 7) is 2.09. The van der Waals surface area contributed by atoms with Crippen LogP contribution in [0.5, 0.6) is 5.75 Å². The largest absolute Gasteiger partial charge is 0.423 e. The first-order valence-electron chi connectivity index (χ1n) is 4.64. The fourth-order valence-corrected chi connectivity index (χ4v) is 2.35. The van der Waals surface area contributed by atoms with E-state index in [1.165, 1.54) is 11.0 Å². The maximum absolute atomic E-state index is 11.2. The molecule has 3 nitrogen and oxygen atoms in total. The molecule has 0 heterocycles. The highest BCUT2D eigenvalue weighted by molar-refractivity contribution is 8.76. The predicted octanol–water partition coefficient (Wildman–Crippen LogP) is 3.48. The van der Waals surface area contributed by atoms with Crippen LogP contribution >= 0.6 is 21.8 Å². The van der Waals surface area contributed by atoms with Gasteiger partial charge in [-0.3, -0.25) is 4.72 Å². The lowest BCUT2D eigenvalue weighted by Crippen LogP contribution is -2.19. The summed E-state index contributed by atoms with van der Waals surface area (Å²) < 4.78 is 7.59. The summed E-state index contributed by atoms with van der Waals surface area (Å²) in [5.41, 5.74) is 0. The first-order chi connectivity index (χ1) is 7.33. The molecule has 0 fully saturated rings. The Bertz CT molecular complexity index is 293. The Morgan fingerprint density at radius 3 is 2.80 bits per heavy atom. The monoisotopic (exact) mass is 243 g/mol. The fourth-order valence-electron chi connectivity index (χ4n) is 0.805. The van der Waals surface area contributed by atoms with Crippen molar-refractivity contribution in [1.82, 2.24) is 4.72 Å². The number of benzene rings is 1.